The third-order valence-corrected chi connectivity index (χ3v) is 13.8. The van der Waals surface area contributed by atoms with Gasteiger partial charge in [-0.15, -0.1) is 0 Å². The van der Waals surface area contributed by atoms with E-state index in [4.69, 9.17) is 23.7 Å². The fourth-order valence-electron chi connectivity index (χ4n) is 11.3. The van der Waals surface area contributed by atoms with E-state index >= 15 is 0 Å². The predicted molar refractivity (Wildman–Crippen MR) is 134 cm³/mol. The summed E-state index contributed by atoms with van der Waals surface area (Å²) in [5.74, 6) is -0.852. The van der Waals surface area contributed by atoms with Crippen LogP contribution in [0.3, 0.4) is 0 Å². The van der Waals surface area contributed by atoms with Crippen molar-refractivity contribution in [2.75, 3.05) is 6.61 Å². The number of epoxide rings is 2. The van der Waals surface area contributed by atoms with E-state index in [1.807, 2.05) is 26.8 Å². The molecule has 1 spiro atoms. The largest absolute Gasteiger partial charge is 0.389 e. The third kappa shape index (κ3) is 2.24. The Morgan fingerprint density at radius 2 is 1.89 bits per heavy atom. The second kappa shape index (κ2) is 6.77. The lowest BCUT2D eigenvalue weighted by Crippen LogP contribution is -2.77. The molecule has 8 nitrogen and oxygen atoms in total. The van der Waals surface area contributed by atoms with E-state index in [2.05, 4.69) is 20.8 Å². The highest BCUT2D eigenvalue weighted by Gasteiger charge is 2.86. The van der Waals surface area contributed by atoms with Crippen LogP contribution in [0.15, 0.2) is 12.2 Å². The molecule has 15 atom stereocenters. The molecule has 0 aromatic heterocycles. The summed E-state index contributed by atoms with van der Waals surface area (Å²) in [6, 6.07) is 0. The van der Waals surface area contributed by atoms with Gasteiger partial charge in [0.2, 0.25) is 0 Å². The Morgan fingerprint density at radius 1 is 1.13 bits per heavy atom. The van der Waals surface area contributed by atoms with Crippen LogP contribution in [-0.2, 0) is 28.5 Å². The number of rotatable bonds is 3. The summed E-state index contributed by atoms with van der Waals surface area (Å²) in [4.78, 5) is 13.7. The van der Waals surface area contributed by atoms with Gasteiger partial charge in [-0.2, -0.15) is 0 Å². The molecule has 0 bridgehead atoms. The first-order valence-corrected chi connectivity index (χ1v) is 14.8. The molecule has 3 saturated carbocycles. The molecule has 0 radical (unpaired) electrons. The van der Waals surface area contributed by atoms with Crippen LogP contribution in [0.25, 0.3) is 0 Å². The minimum absolute atomic E-state index is 0.00726. The first kappa shape index (κ1) is 24.9. The number of fused-ring (bicyclic) bond motifs is 4. The van der Waals surface area contributed by atoms with Gasteiger partial charge in [0.1, 0.15) is 22.9 Å². The topological polar surface area (TPSA) is 110 Å². The number of aliphatic hydroxyl groups is 2. The van der Waals surface area contributed by atoms with E-state index in [1.54, 1.807) is 6.08 Å². The Kier molecular flexibility index (Phi) is 4.44. The summed E-state index contributed by atoms with van der Waals surface area (Å²) >= 11 is 0. The number of hydrogen-bond acceptors (Lipinski definition) is 8. The van der Waals surface area contributed by atoms with Gasteiger partial charge in [0.25, 0.3) is 0 Å². The summed E-state index contributed by atoms with van der Waals surface area (Å²) in [6.45, 7) is 12.6. The van der Waals surface area contributed by atoms with E-state index < -0.39 is 57.5 Å². The van der Waals surface area contributed by atoms with Gasteiger partial charge in [0.15, 0.2) is 17.9 Å². The number of carbonyl (C=O) groups excluding carboxylic acids is 1. The molecule has 4 heterocycles. The maximum absolute atomic E-state index is 13.7. The van der Waals surface area contributed by atoms with E-state index in [1.165, 1.54) is 0 Å². The normalized spacial score (nSPS) is 66.9. The summed E-state index contributed by atoms with van der Waals surface area (Å²) in [6.07, 6.45) is 5.36. The molecule has 4 saturated heterocycles. The molecule has 4 aliphatic heterocycles. The van der Waals surface area contributed by atoms with Gasteiger partial charge in [-0.05, 0) is 77.2 Å². The molecule has 8 heteroatoms. The van der Waals surface area contributed by atoms with Crippen molar-refractivity contribution in [2.45, 2.75) is 126 Å². The Balaban J connectivity index is 1.27. The van der Waals surface area contributed by atoms with Crippen molar-refractivity contribution in [3.05, 3.63) is 12.2 Å². The van der Waals surface area contributed by atoms with Gasteiger partial charge in [-0.25, -0.2) is 0 Å². The number of allylic oxidation sites excluding steroid dienone is 1. The Bertz CT molecular complexity index is 1160. The van der Waals surface area contributed by atoms with Crippen LogP contribution in [0.2, 0.25) is 0 Å². The predicted octanol–water partition coefficient (Wildman–Crippen LogP) is 2.88. The van der Waals surface area contributed by atoms with Crippen LogP contribution in [0.1, 0.15) is 73.6 Å². The fourth-order valence-corrected chi connectivity index (χ4v) is 11.3. The van der Waals surface area contributed by atoms with Crippen molar-refractivity contribution in [1.82, 2.24) is 0 Å². The molecule has 2 N–H and O–H groups in total. The van der Waals surface area contributed by atoms with Crippen LogP contribution < -0.4 is 0 Å². The monoisotopic (exact) mass is 530 g/mol. The molecular weight excluding hydrogens is 488 g/mol. The SMILES string of the molecule is CCOC12CC3C(CC4OC45CC=CC(=O)C35C)C3CCC(O)(C(C)C(C4OC(O)C5(C)OC45C)O1)C32C. The van der Waals surface area contributed by atoms with Gasteiger partial charge in [-0.1, -0.05) is 19.9 Å². The number of aliphatic hydroxyl groups excluding tert-OH is 1. The summed E-state index contributed by atoms with van der Waals surface area (Å²) in [5.41, 5.74) is -4.33. The number of ether oxygens (including phenoxy) is 5. The quantitative estimate of drug-likeness (QED) is 0.536. The minimum Gasteiger partial charge on any atom is -0.389 e. The zero-order chi connectivity index (χ0) is 26.9. The van der Waals surface area contributed by atoms with Crippen LogP contribution in [0, 0.1) is 34.5 Å². The highest BCUT2D eigenvalue weighted by atomic mass is 16.8. The van der Waals surface area contributed by atoms with Gasteiger partial charge < -0.3 is 33.9 Å². The molecule has 38 heavy (non-hydrogen) atoms. The average molecular weight is 531 g/mol. The molecule has 7 fully saturated rings. The first-order chi connectivity index (χ1) is 17.8. The highest BCUT2D eigenvalue weighted by molar-refractivity contribution is 5.97. The van der Waals surface area contributed by atoms with Crippen LogP contribution >= 0.6 is 0 Å². The van der Waals surface area contributed by atoms with Gasteiger partial charge >= 0.3 is 0 Å². The summed E-state index contributed by atoms with van der Waals surface area (Å²) in [7, 11) is 0. The van der Waals surface area contributed by atoms with Crippen molar-refractivity contribution in [2.24, 2.45) is 34.5 Å². The zero-order valence-electron chi connectivity index (χ0n) is 23.4. The maximum Gasteiger partial charge on any atom is 0.187 e. The van der Waals surface area contributed by atoms with Crippen LogP contribution in [0.5, 0.6) is 0 Å². The van der Waals surface area contributed by atoms with Gasteiger partial charge in [-0.3, -0.25) is 4.79 Å². The van der Waals surface area contributed by atoms with Crippen molar-refractivity contribution in [1.29, 1.82) is 0 Å². The van der Waals surface area contributed by atoms with Gasteiger partial charge in [0.05, 0.1) is 28.6 Å². The van der Waals surface area contributed by atoms with Crippen molar-refractivity contribution >= 4 is 5.78 Å². The molecular formula is C30H42O8. The van der Waals surface area contributed by atoms with E-state index in [0.717, 1.165) is 19.3 Å². The lowest BCUT2D eigenvalue weighted by atomic mass is 9.42. The minimum atomic E-state index is -1.11. The third-order valence-electron chi connectivity index (χ3n) is 13.8. The molecule has 0 amide bonds. The summed E-state index contributed by atoms with van der Waals surface area (Å²) < 4.78 is 32.6. The lowest BCUT2D eigenvalue weighted by molar-refractivity contribution is -0.431. The van der Waals surface area contributed by atoms with Crippen LogP contribution in [0.4, 0.5) is 0 Å². The van der Waals surface area contributed by atoms with E-state index in [-0.39, 0.29) is 35.6 Å². The molecule has 8 aliphatic rings. The first-order valence-electron chi connectivity index (χ1n) is 14.8. The lowest BCUT2D eigenvalue weighted by Gasteiger charge is -2.69. The molecule has 8 rings (SSSR count). The van der Waals surface area contributed by atoms with E-state index in [9.17, 15) is 15.0 Å². The molecule has 4 aliphatic carbocycles. The number of hydrogen-bond donors (Lipinski definition) is 2. The molecule has 0 aromatic rings. The Hall–Kier alpha value is -0.870. The smallest absolute Gasteiger partial charge is 0.187 e. The standard InChI is InChI=1S/C30H42O8/c1-7-34-30-14-18-16(13-20-29(36-20)11-8-9-19(31)24(18,29)3)17-10-12-28(33,25(17,30)4)15(2)21(37-30)22-26(5)27(6,38-26)23(32)35-22/h8-9,15-18,20-23,32-33H,7,10-14H2,1-6H3. The molecule has 210 valence electrons. The second-order valence-electron chi connectivity index (χ2n) is 14.4. The Morgan fingerprint density at radius 3 is 2.55 bits per heavy atom. The van der Waals surface area contributed by atoms with E-state index in [0.29, 0.717) is 19.4 Å². The van der Waals surface area contributed by atoms with Crippen molar-refractivity contribution in [3.63, 3.8) is 0 Å². The van der Waals surface area contributed by atoms with Crippen molar-refractivity contribution < 1.29 is 38.7 Å². The number of ketones is 1. The molecule has 15 unspecified atom stereocenters. The number of carbonyl (C=O) groups is 1. The highest BCUT2D eigenvalue weighted by Crippen LogP contribution is 2.78. The summed E-state index contributed by atoms with van der Waals surface area (Å²) in [5, 5.41) is 23.5. The average Bonchev–Trinajstić information content (AvgIpc) is 3.66. The Labute approximate surface area is 224 Å². The van der Waals surface area contributed by atoms with Crippen LogP contribution in [-0.4, -0.2) is 75.4 Å². The van der Waals surface area contributed by atoms with Crippen molar-refractivity contribution in [3.8, 4) is 0 Å². The fraction of sp³-hybridized carbons (Fsp3) is 0.900. The zero-order valence-corrected chi connectivity index (χ0v) is 23.4. The van der Waals surface area contributed by atoms with Gasteiger partial charge in [0, 0.05) is 18.9 Å². The maximum atomic E-state index is 13.7. The molecule has 0 aromatic carbocycles. The second-order valence-corrected chi connectivity index (χ2v) is 14.4.